The smallest absolute Gasteiger partial charge is 0.300 e. The molecule has 0 heterocycles. The fourth-order valence-electron chi connectivity index (χ4n) is 1.19. The molecule has 20 heavy (non-hydrogen) atoms. The number of aryl methyl sites for hydroxylation is 1. The molecule has 0 saturated carbocycles. The molecule has 0 radical (unpaired) electrons. The number of primary sulfonamides is 1. The van der Waals surface area contributed by atoms with Crippen LogP contribution in [0.1, 0.15) is 19.4 Å². The highest BCUT2D eigenvalue weighted by Gasteiger charge is 2.17. The summed E-state index contributed by atoms with van der Waals surface area (Å²) in [7, 11) is -3.30. The van der Waals surface area contributed by atoms with Crippen LogP contribution >= 0.6 is 0 Å². The average Bonchev–Trinajstić information content (AvgIpc) is 2.33. The fraction of sp³-hybridized carbons (Fsp3) is 0.308. The zero-order valence-corrected chi connectivity index (χ0v) is 12.4. The minimum Gasteiger partial charge on any atom is -0.439 e. The number of quaternary nitrogens is 1. The summed E-state index contributed by atoms with van der Waals surface area (Å²) in [5.41, 5.74) is 0.482. The SMILES string of the molecule is Cc1ccc(OC(=N)/C=C\[NH2+]S(=O)(=O)C(C)C)cc1F. The molecule has 0 aliphatic carbocycles. The summed E-state index contributed by atoms with van der Waals surface area (Å²) in [5, 5.41) is 7.00. The summed E-state index contributed by atoms with van der Waals surface area (Å²) in [5.74, 6) is -0.508. The van der Waals surface area contributed by atoms with Crippen molar-refractivity contribution in [1.29, 1.82) is 5.41 Å². The molecular weight excluding hydrogens is 283 g/mol. The Hall–Kier alpha value is -1.73. The largest absolute Gasteiger partial charge is 0.439 e. The third-order valence-electron chi connectivity index (χ3n) is 2.54. The van der Waals surface area contributed by atoms with E-state index in [0.717, 1.165) is 4.72 Å². The average molecular weight is 301 g/mol. The van der Waals surface area contributed by atoms with E-state index in [9.17, 15) is 12.8 Å². The number of hydrogen-bond donors (Lipinski definition) is 2. The van der Waals surface area contributed by atoms with Crippen molar-refractivity contribution < 1.29 is 22.3 Å². The monoisotopic (exact) mass is 301 g/mol. The fourth-order valence-corrected chi connectivity index (χ4v) is 1.80. The summed E-state index contributed by atoms with van der Waals surface area (Å²) in [6, 6.07) is 4.25. The normalized spacial score (nSPS) is 12.1. The lowest BCUT2D eigenvalue weighted by Gasteiger charge is -2.05. The van der Waals surface area contributed by atoms with Crippen LogP contribution in [-0.4, -0.2) is 19.6 Å². The van der Waals surface area contributed by atoms with Gasteiger partial charge in [-0.25, -0.2) is 9.11 Å². The predicted molar refractivity (Wildman–Crippen MR) is 74.6 cm³/mol. The molecule has 110 valence electrons. The van der Waals surface area contributed by atoms with E-state index in [1.54, 1.807) is 20.8 Å². The molecule has 1 aromatic carbocycles. The first-order valence-electron chi connectivity index (χ1n) is 6.00. The van der Waals surface area contributed by atoms with Gasteiger partial charge in [0.1, 0.15) is 23.0 Å². The first-order chi connectivity index (χ1) is 9.22. The molecule has 0 aliphatic rings. The molecule has 0 unspecified atom stereocenters. The van der Waals surface area contributed by atoms with E-state index >= 15 is 0 Å². The lowest BCUT2D eigenvalue weighted by Crippen LogP contribution is -2.83. The molecule has 0 saturated heterocycles. The van der Waals surface area contributed by atoms with E-state index in [4.69, 9.17) is 10.1 Å². The highest BCUT2D eigenvalue weighted by atomic mass is 32.2. The second kappa shape index (κ2) is 6.62. The molecule has 5 nitrogen and oxygen atoms in total. The van der Waals surface area contributed by atoms with Crippen LogP contribution in [0, 0.1) is 18.2 Å². The number of halogens is 1. The van der Waals surface area contributed by atoms with Crippen LogP contribution < -0.4 is 9.46 Å². The van der Waals surface area contributed by atoms with Crippen LogP contribution in [0.25, 0.3) is 0 Å². The molecule has 0 bridgehead atoms. The summed E-state index contributed by atoms with van der Waals surface area (Å²) < 4.78 is 42.3. The van der Waals surface area contributed by atoms with Crippen LogP contribution in [0.3, 0.4) is 0 Å². The lowest BCUT2D eigenvalue weighted by atomic mass is 10.2. The van der Waals surface area contributed by atoms with Crippen molar-refractivity contribution in [2.45, 2.75) is 26.0 Å². The van der Waals surface area contributed by atoms with Crippen LogP contribution in [0.5, 0.6) is 5.75 Å². The Morgan fingerprint density at radius 2 is 2.10 bits per heavy atom. The van der Waals surface area contributed by atoms with Crippen molar-refractivity contribution in [3.63, 3.8) is 0 Å². The topological polar surface area (TPSA) is 83.8 Å². The number of hydrogen-bond acceptors (Lipinski definition) is 4. The van der Waals surface area contributed by atoms with Gasteiger partial charge in [-0.1, -0.05) is 6.07 Å². The van der Waals surface area contributed by atoms with Crippen molar-refractivity contribution in [2.75, 3.05) is 0 Å². The first kappa shape index (κ1) is 16.3. The molecule has 0 atom stereocenters. The number of ether oxygens (including phenoxy) is 1. The van der Waals surface area contributed by atoms with Gasteiger partial charge in [0.15, 0.2) is 0 Å². The molecule has 0 aliphatic heterocycles. The van der Waals surface area contributed by atoms with Gasteiger partial charge in [0.2, 0.25) is 5.90 Å². The number of benzene rings is 1. The molecule has 1 aromatic rings. The summed E-state index contributed by atoms with van der Waals surface area (Å²) in [6.45, 7) is 4.75. The summed E-state index contributed by atoms with van der Waals surface area (Å²) >= 11 is 0. The highest BCUT2D eigenvalue weighted by molar-refractivity contribution is 7.85. The highest BCUT2D eigenvalue weighted by Crippen LogP contribution is 2.15. The van der Waals surface area contributed by atoms with Crippen LogP contribution in [0.2, 0.25) is 0 Å². The molecule has 3 N–H and O–H groups in total. The minimum atomic E-state index is -3.30. The minimum absolute atomic E-state index is 0.189. The molecule has 0 spiro atoms. The maximum absolute atomic E-state index is 13.3. The van der Waals surface area contributed by atoms with Crippen molar-refractivity contribution >= 4 is 15.9 Å². The van der Waals surface area contributed by atoms with Crippen molar-refractivity contribution in [3.05, 3.63) is 41.9 Å². The molecule has 0 aromatic heterocycles. The Morgan fingerprint density at radius 3 is 2.65 bits per heavy atom. The third kappa shape index (κ3) is 4.75. The van der Waals surface area contributed by atoms with E-state index in [-0.39, 0.29) is 11.6 Å². The zero-order valence-electron chi connectivity index (χ0n) is 11.6. The zero-order chi connectivity index (χ0) is 15.3. The van der Waals surface area contributed by atoms with Crippen molar-refractivity contribution in [2.24, 2.45) is 0 Å². The van der Waals surface area contributed by atoms with Gasteiger partial charge in [-0.15, -0.1) is 0 Å². The van der Waals surface area contributed by atoms with Gasteiger partial charge in [0.25, 0.3) is 10.0 Å². The Labute approximate surface area is 118 Å². The van der Waals surface area contributed by atoms with E-state index in [1.165, 1.54) is 30.5 Å². The molecule has 7 heteroatoms. The molecule has 0 amide bonds. The van der Waals surface area contributed by atoms with Crippen LogP contribution in [0.4, 0.5) is 4.39 Å². The number of nitrogens with two attached hydrogens (primary N) is 1. The second-order valence-electron chi connectivity index (χ2n) is 4.51. The van der Waals surface area contributed by atoms with Gasteiger partial charge in [0.05, 0.1) is 6.08 Å². The molecule has 0 fully saturated rings. The van der Waals surface area contributed by atoms with E-state index in [2.05, 4.69) is 0 Å². The Balaban J connectivity index is 2.62. The number of nitrogens with one attached hydrogen (secondary N) is 1. The molecule has 1 rings (SSSR count). The Morgan fingerprint density at radius 1 is 1.45 bits per heavy atom. The van der Waals surface area contributed by atoms with Gasteiger partial charge < -0.3 is 4.74 Å². The summed E-state index contributed by atoms with van der Waals surface area (Å²) in [6.07, 6.45) is 2.42. The Kier molecular flexibility index (Phi) is 5.41. The van der Waals surface area contributed by atoms with Crippen molar-refractivity contribution in [1.82, 2.24) is 0 Å². The quantitative estimate of drug-likeness (QED) is 0.635. The van der Waals surface area contributed by atoms with Crippen LogP contribution in [0.15, 0.2) is 30.5 Å². The van der Waals surface area contributed by atoms with E-state index in [1.807, 2.05) is 0 Å². The van der Waals surface area contributed by atoms with Gasteiger partial charge in [0, 0.05) is 6.07 Å². The number of rotatable bonds is 5. The molecular formula is C13H18FN2O3S+. The number of sulfonamides is 1. The van der Waals surface area contributed by atoms with E-state index in [0.29, 0.717) is 5.56 Å². The van der Waals surface area contributed by atoms with Gasteiger partial charge in [-0.05, 0) is 32.4 Å². The second-order valence-corrected chi connectivity index (χ2v) is 6.90. The van der Waals surface area contributed by atoms with Gasteiger partial charge >= 0.3 is 0 Å². The summed E-state index contributed by atoms with van der Waals surface area (Å²) in [4.78, 5) is 0. The maximum Gasteiger partial charge on any atom is 0.300 e. The lowest BCUT2D eigenvalue weighted by molar-refractivity contribution is -0.416. The van der Waals surface area contributed by atoms with Crippen LogP contribution in [-0.2, 0) is 10.0 Å². The first-order valence-corrected chi connectivity index (χ1v) is 7.61. The van der Waals surface area contributed by atoms with Crippen molar-refractivity contribution in [3.8, 4) is 5.75 Å². The third-order valence-corrected chi connectivity index (χ3v) is 4.39. The van der Waals surface area contributed by atoms with E-state index < -0.39 is 21.1 Å². The maximum atomic E-state index is 13.3. The standard InChI is InChI=1S/C13H17FN2O3S/c1-9(2)20(17,18)16-7-6-13(15)19-11-5-4-10(3)12(14)8-11/h4-9,15-16H,1-3H3/p+1/b7-6-,15-13?. The predicted octanol–water partition coefficient (Wildman–Crippen LogP) is 1.31. The Bertz CT molecular complexity index is 625. The van der Waals surface area contributed by atoms with Gasteiger partial charge in [-0.3, -0.25) is 5.41 Å². The van der Waals surface area contributed by atoms with Gasteiger partial charge in [-0.2, -0.15) is 8.42 Å².